The Kier molecular flexibility index (Phi) is 5.34. The van der Waals surface area contributed by atoms with Crippen molar-refractivity contribution in [3.63, 3.8) is 0 Å². The lowest BCUT2D eigenvalue weighted by atomic mass is 10.1. The monoisotopic (exact) mass is 388 g/mol. The number of hydrogen-bond acceptors (Lipinski definition) is 4. The van der Waals surface area contributed by atoms with Gasteiger partial charge in [-0.2, -0.15) is 0 Å². The zero-order valence-electron chi connectivity index (χ0n) is 17.7. The summed E-state index contributed by atoms with van der Waals surface area (Å²) in [6.07, 6.45) is -0.286. The summed E-state index contributed by atoms with van der Waals surface area (Å²) in [6, 6.07) is 7.85. The molecule has 6 nitrogen and oxygen atoms in total. The molecule has 1 N–H and O–H groups in total. The first kappa shape index (κ1) is 20.5. The summed E-state index contributed by atoms with van der Waals surface area (Å²) >= 11 is 0. The Morgan fingerprint density at radius 2 is 1.71 bits per heavy atom. The normalized spacial score (nSPS) is 23.8. The van der Waals surface area contributed by atoms with Gasteiger partial charge in [-0.3, -0.25) is 4.79 Å². The molecule has 0 radical (unpaired) electrons. The molecule has 154 valence electrons. The minimum Gasteiger partial charge on any atom is -0.491 e. The number of fused-ring (bicyclic) bond motifs is 1. The number of piperidine rings is 1. The fraction of sp³-hybridized carbons (Fsp3) is 0.636. The van der Waals surface area contributed by atoms with E-state index in [1.165, 1.54) is 0 Å². The molecule has 0 bridgehead atoms. The second kappa shape index (κ2) is 7.30. The standard InChI is InChI=1S/C22H32N2O4/c1-14-9-7-8-10-17(14)27-13-22(5,6)23-19(25)18-15-11-24(12-16(15)18)20(26)28-21(2,3)4/h7-10,15-16,18H,11-13H2,1-6H3,(H,23,25)/t15-,16+,18+. The molecule has 1 aliphatic carbocycles. The van der Waals surface area contributed by atoms with Crippen LogP contribution in [-0.4, -0.2) is 47.7 Å². The molecule has 2 fully saturated rings. The summed E-state index contributed by atoms with van der Waals surface area (Å²) in [4.78, 5) is 26.6. The van der Waals surface area contributed by atoms with Gasteiger partial charge in [-0.15, -0.1) is 0 Å². The average Bonchev–Trinajstić information content (AvgIpc) is 3.07. The Morgan fingerprint density at radius 1 is 1.11 bits per heavy atom. The maximum Gasteiger partial charge on any atom is 0.410 e. The fourth-order valence-electron chi connectivity index (χ4n) is 3.82. The Hall–Kier alpha value is -2.24. The van der Waals surface area contributed by atoms with Crippen LogP contribution in [0.4, 0.5) is 4.79 Å². The van der Waals surface area contributed by atoms with Crippen molar-refractivity contribution in [1.82, 2.24) is 10.2 Å². The molecule has 1 saturated carbocycles. The van der Waals surface area contributed by atoms with Crippen molar-refractivity contribution in [3.8, 4) is 5.75 Å². The maximum atomic E-state index is 12.7. The molecule has 1 aliphatic heterocycles. The highest BCUT2D eigenvalue weighted by Gasteiger charge is 2.61. The molecule has 1 saturated heterocycles. The van der Waals surface area contributed by atoms with Crippen LogP contribution in [0.2, 0.25) is 0 Å². The first-order valence-corrected chi connectivity index (χ1v) is 9.95. The molecule has 3 atom stereocenters. The van der Waals surface area contributed by atoms with E-state index < -0.39 is 11.1 Å². The van der Waals surface area contributed by atoms with E-state index in [1.807, 2.05) is 65.8 Å². The molecule has 3 rings (SSSR count). The highest BCUT2D eigenvalue weighted by molar-refractivity contribution is 5.84. The van der Waals surface area contributed by atoms with Crippen molar-refractivity contribution in [3.05, 3.63) is 29.8 Å². The van der Waals surface area contributed by atoms with Crippen molar-refractivity contribution < 1.29 is 19.1 Å². The predicted octanol–water partition coefficient (Wildman–Crippen LogP) is 3.38. The van der Waals surface area contributed by atoms with Crippen LogP contribution in [0.15, 0.2) is 24.3 Å². The fourth-order valence-corrected chi connectivity index (χ4v) is 3.82. The molecule has 1 heterocycles. The van der Waals surface area contributed by atoms with Crippen LogP contribution < -0.4 is 10.1 Å². The number of para-hydroxylation sites is 1. The third kappa shape index (κ3) is 4.78. The van der Waals surface area contributed by atoms with Gasteiger partial charge in [-0.1, -0.05) is 18.2 Å². The lowest BCUT2D eigenvalue weighted by molar-refractivity contribution is -0.125. The van der Waals surface area contributed by atoms with E-state index in [2.05, 4.69) is 5.32 Å². The number of rotatable bonds is 5. The molecule has 0 aromatic heterocycles. The molecule has 0 spiro atoms. The Morgan fingerprint density at radius 3 is 2.29 bits per heavy atom. The third-order valence-electron chi connectivity index (χ3n) is 5.29. The Balaban J connectivity index is 1.46. The zero-order chi connectivity index (χ0) is 20.7. The van der Waals surface area contributed by atoms with Gasteiger partial charge in [0.1, 0.15) is 18.0 Å². The number of carbonyl (C=O) groups is 2. The van der Waals surface area contributed by atoms with Gasteiger partial charge in [-0.25, -0.2) is 4.79 Å². The molecule has 6 heteroatoms. The van der Waals surface area contributed by atoms with E-state index in [1.54, 1.807) is 4.90 Å². The molecular formula is C22H32N2O4. The van der Waals surface area contributed by atoms with Gasteiger partial charge in [0.25, 0.3) is 0 Å². The largest absolute Gasteiger partial charge is 0.491 e. The van der Waals surface area contributed by atoms with Crippen LogP contribution in [0.25, 0.3) is 0 Å². The summed E-state index contributed by atoms with van der Waals surface area (Å²) < 4.78 is 11.3. The third-order valence-corrected chi connectivity index (χ3v) is 5.29. The van der Waals surface area contributed by atoms with Gasteiger partial charge >= 0.3 is 6.09 Å². The van der Waals surface area contributed by atoms with Crippen LogP contribution in [0.1, 0.15) is 40.2 Å². The van der Waals surface area contributed by atoms with E-state index in [0.29, 0.717) is 19.7 Å². The minimum absolute atomic E-state index is 0.0172. The van der Waals surface area contributed by atoms with Crippen molar-refractivity contribution in [2.45, 2.75) is 52.7 Å². The van der Waals surface area contributed by atoms with Gasteiger partial charge in [-0.05, 0) is 65.0 Å². The number of nitrogens with one attached hydrogen (secondary N) is 1. The summed E-state index contributed by atoms with van der Waals surface area (Å²) in [7, 11) is 0. The van der Waals surface area contributed by atoms with Crippen LogP contribution in [0.5, 0.6) is 5.75 Å². The number of hydrogen-bond donors (Lipinski definition) is 1. The minimum atomic E-state index is -0.498. The van der Waals surface area contributed by atoms with Crippen LogP contribution >= 0.6 is 0 Å². The van der Waals surface area contributed by atoms with Gasteiger partial charge in [0.15, 0.2) is 0 Å². The number of carbonyl (C=O) groups excluding carboxylic acids is 2. The van der Waals surface area contributed by atoms with E-state index >= 15 is 0 Å². The van der Waals surface area contributed by atoms with Crippen LogP contribution in [0.3, 0.4) is 0 Å². The van der Waals surface area contributed by atoms with E-state index in [4.69, 9.17) is 9.47 Å². The smallest absolute Gasteiger partial charge is 0.410 e. The quantitative estimate of drug-likeness (QED) is 0.840. The Labute approximate surface area is 167 Å². The highest BCUT2D eigenvalue weighted by Crippen LogP contribution is 2.52. The van der Waals surface area contributed by atoms with Gasteiger partial charge in [0, 0.05) is 19.0 Å². The lowest BCUT2D eigenvalue weighted by Crippen LogP contribution is -2.49. The molecule has 1 aromatic carbocycles. The van der Waals surface area contributed by atoms with Gasteiger partial charge < -0.3 is 19.7 Å². The molecular weight excluding hydrogens is 356 g/mol. The molecule has 2 aliphatic rings. The van der Waals surface area contributed by atoms with Crippen molar-refractivity contribution in [2.75, 3.05) is 19.7 Å². The first-order chi connectivity index (χ1) is 13.0. The number of amides is 2. The predicted molar refractivity (Wildman–Crippen MR) is 107 cm³/mol. The van der Waals surface area contributed by atoms with E-state index in [9.17, 15) is 9.59 Å². The van der Waals surface area contributed by atoms with Gasteiger partial charge in [0.2, 0.25) is 5.91 Å². The van der Waals surface area contributed by atoms with E-state index in [0.717, 1.165) is 11.3 Å². The summed E-state index contributed by atoms with van der Waals surface area (Å²) in [5.41, 5.74) is 0.103. The van der Waals surface area contributed by atoms with E-state index in [-0.39, 0.29) is 29.8 Å². The SMILES string of the molecule is Cc1ccccc1OCC(C)(C)NC(=O)[C@H]1[C@@H]2CN(C(=O)OC(C)(C)C)C[C@@H]21. The second-order valence-corrected chi connectivity index (χ2v) is 9.67. The number of ether oxygens (including phenoxy) is 2. The number of benzene rings is 1. The van der Waals surface area contributed by atoms with Crippen molar-refractivity contribution in [1.29, 1.82) is 0 Å². The molecule has 2 amide bonds. The summed E-state index contributed by atoms with van der Waals surface area (Å²) in [6.45, 7) is 13.1. The summed E-state index contributed by atoms with van der Waals surface area (Å²) in [5, 5.41) is 3.12. The highest BCUT2D eigenvalue weighted by atomic mass is 16.6. The molecule has 1 aromatic rings. The number of aryl methyl sites for hydroxylation is 1. The molecule has 28 heavy (non-hydrogen) atoms. The number of nitrogens with zero attached hydrogens (tertiary/aromatic N) is 1. The first-order valence-electron chi connectivity index (χ1n) is 9.95. The summed E-state index contributed by atoms with van der Waals surface area (Å²) in [5.74, 6) is 1.34. The van der Waals surface area contributed by atoms with Crippen molar-refractivity contribution in [2.24, 2.45) is 17.8 Å². The topological polar surface area (TPSA) is 67.9 Å². The van der Waals surface area contributed by atoms with Crippen LogP contribution in [-0.2, 0) is 9.53 Å². The lowest BCUT2D eigenvalue weighted by Gasteiger charge is -2.28. The average molecular weight is 389 g/mol. The number of likely N-dealkylation sites (tertiary alicyclic amines) is 1. The maximum absolute atomic E-state index is 12.7. The molecule has 0 unspecified atom stereocenters. The van der Waals surface area contributed by atoms with Crippen molar-refractivity contribution >= 4 is 12.0 Å². The second-order valence-electron chi connectivity index (χ2n) is 9.67. The van der Waals surface area contributed by atoms with Crippen LogP contribution in [0, 0.1) is 24.7 Å². The zero-order valence-corrected chi connectivity index (χ0v) is 17.7. The Bertz CT molecular complexity index is 741. The van der Waals surface area contributed by atoms with Gasteiger partial charge in [0.05, 0.1) is 5.54 Å².